The fraction of sp³-hybridized carbons (Fsp3) is 0.636. The Labute approximate surface area is 101 Å². The van der Waals surface area contributed by atoms with Gasteiger partial charge in [-0.05, 0) is 32.9 Å². The first-order valence-electron chi connectivity index (χ1n) is 5.23. The van der Waals surface area contributed by atoms with Gasteiger partial charge < -0.3 is 10.1 Å². The Morgan fingerprint density at radius 3 is 2.73 bits per heavy atom. The van der Waals surface area contributed by atoms with Gasteiger partial charge in [0.2, 0.25) is 0 Å². The number of rotatable bonds is 6. The predicted molar refractivity (Wildman–Crippen MR) is 66.8 cm³/mol. The first-order chi connectivity index (χ1) is 7.13. The molecule has 2 unspecified atom stereocenters. The lowest BCUT2D eigenvalue weighted by atomic mass is 10.2. The summed E-state index contributed by atoms with van der Waals surface area (Å²) in [5.74, 6) is 0. The predicted octanol–water partition coefficient (Wildman–Crippen LogP) is 3.48. The van der Waals surface area contributed by atoms with E-state index in [0.29, 0.717) is 6.04 Å². The largest absolute Gasteiger partial charge is 0.377 e. The third kappa shape index (κ3) is 4.51. The third-order valence-electron chi connectivity index (χ3n) is 2.18. The average molecular weight is 248 g/mol. The molecule has 86 valence electrons. The summed E-state index contributed by atoms with van der Waals surface area (Å²) in [6.45, 7) is 7.86. The topological polar surface area (TPSA) is 21.3 Å². The number of hydrogen-bond donors (Lipinski definition) is 1. The van der Waals surface area contributed by atoms with Crippen molar-refractivity contribution in [3.63, 3.8) is 0 Å². The van der Waals surface area contributed by atoms with E-state index in [4.69, 9.17) is 16.3 Å². The SMILES string of the molecule is CCOC(C)CNC(C)c1ccc(Cl)s1. The molecule has 1 aromatic rings. The minimum Gasteiger partial charge on any atom is -0.377 e. The molecule has 0 aliphatic heterocycles. The van der Waals surface area contributed by atoms with E-state index in [-0.39, 0.29) is 6.10 Å². The van der Waals surface area contributed by atoms with Crippen molar-refractivity contribution in [3.8, 4) is 0 Å². The summed E-state index contributed by atoms with van der Waals surface area (Å²) in [6, 6.07) is 4.34. The summed E-state index contributed by atoms with van der Waals surface area (Å²) in [5.41, 5.74) is 0. The monoisotopic (exact) mass is 247 g/mol. The van der Waals surface area contributed by atoms with Gasteiger partial charge in [-0.1, -0.05) is 11.6 Å². The Morgan fingerprint density at radius 1 is 1.47 bits per heavy atom. The third-order valence-corrected chi connectivity index (χ3v) is 3.60. The Hall–Kier alpha value is -0.0900. The smallest absolute Gasteiger partial charge is 0.0931 e. The number of ether oxygens (including phenoxy) is 1. The van der Waals surface area contributed by atoms with E-state index in [9.17, 15) is 0 Å². The molecular formula is C11H18ClNOS. The van der Waals surface area contributed by atoms with Crippen molar-refractivity contribution >= 4 is 22.9 Å². The van der Waals surface area contributed by atoms with Crippen molar-refractivity contribution in [3.05, 3.63) is 21.3 Å². The standard InChI is InChI=1S/C11H18ClNOS/c1-4-14-8(2)7-13-9(3)10-5-6-11(12)15-10/h5-6,8-9,13H,4,7H2,1-3H3. The molecule has 0 saturated carbocycles. The van der Waals surface area contributed by atoms with Gasteiger partial charge in [0.1, 0.15) is 0 Å². The van der Waals surface area contributed by atoms with Crippen molar-refractivity contribution in [2.45, 2.75) is 32.9 Å². The summed E-state index contributed by atoms with van der Waals surface area (Å²) < 4.78 is 6.29. The van der Waals surface area contributed by atoms with Crippen molar-refractivity contribution in [1.82, 2.24) is 5.32 Å². The molecule has 1 rings (SSSR count). The number of thiophene rings is 1. The Kier molecular flexibility index (Phi) is 5.61. The summed E-state index contributed by atoms with van der Waals surface area (Å²) in [4.78, 5) is 1.27. The summed E-state index contributed by atoms with van der Waals surface area (Å²) in [6.07, 6.45) is 0.257. The van der Waals surface area contributed by atoms with Gasteiger partial charge in [-0.2, -0.15) is 0 Å². The van der Waals surface area contributed by atoms with Crippen molar-refractivity contribution in [1.29, 1.82) is 0 Å². The molecule has 1 N–H and O–H groups in total. The molecule has 0 aliphatic rings. The van der Waals surface area contributed by atoms with Crippen LogP contribution in [0.15, 0.2) is 12.1 Å². The van der Waals surface area contributed by atoms with Crippen molar-refractivity contribution in [2.24, 2.45) is 0 Å². The first-order valence-corrected chi connectivity index (χ1v) is 6.43. The lowest BCUT2D eigenvalue weighted by Gasteiger charge is -2.16. The lowest BCUT2D eigenvalue weighted by molar-refractivity contribution is 0.0744. The molecule has 2 atom stereocenters. The van der Waals surface area contributed by atoms with Crippen LogP contribution in [-0.4, -0.2) is 19.3 Å². The fourth-order valence-electron chi connectivity index (χ4n) is 1.35. The highest BCUT2D eigenvalue weighted by molar-refractivity contribution is 7.16. The van der Waals surface area contributed by atoms with E-state index in [1.54, 1.807) is 11.3 Å². The van der Waals surface area contributed by atoms with Crippen LogP contribution in [0.4, 0.5) is 0 Å². The zero-order chi connectivity index (χ0) is 11.3. The maximum absolute atomic E-state index is 5.88. The van der Waals surface area contributed by atoms with Crippen molar-refractivity contribution < 1.29 is 4.74 Å². The maximum atomic E-state index is 5.88. The van der Waals surface area contributed by atoms with Crippen LogP contribution in [0, 0.1) is 0 Å². The number of nitrogens with one attached hydrogen (secondary N) is 1. The Morgan fingerprint density at radius 2 is 2.20 bits per heavy atom. The van der Waals surface area contributed by atoms with E-state index in [1.165, 1.54) is 4.88 Å². The van der Waals surface area contributed by atoms with Gasteiger partial charge in [-0.3, -0.25) is 0 Å². The van der Waals surface area contributed by atoms with E-state index < -0.39 is 0 Å². The zero-order valence-corrected chi connectivity index (χ0v) is 11.0. The highest BCUT2D eigenvalue weighted by Gasteiger charge is 2.09. The number of halogens is 1. The Bertz CT molecular complexity index is 290. The van der Waals surface area contributed by atoms with E-state index in [1.807, 2.05) is 13.0 Å². The average Bonchev–Trinajstić information content (AvgIpc) is 2.62. The summed E-state index contributed by atoms with van der Waals surface area (Å²) >= 11 is 7.51. The maximum Gasteiger partial charge on any atom is 0.0931 e. The first kappa shape index (κ1) is 13.0. The van der Waals surface area contributed by atoms with Crippen LogP contribution in [0.25, 0.3) is 0 Å². The molecule has 0 bridgehead atoms. The van der Waals surface area contributed by atoms with Crippen LogP contribution < -0.4 is 5.32 Å². The van der Waals surface area contributed by atoms with Crippen molar-refractivity contribution in [2.75, 3.05) is 13.2 Å². The van der Waals surface area contributed by atoms with E-state index in [2.05, 4.69) is 25.2 Å². The van der Waals surface area contributed by atoms with Gasteiger partial charge in [-0.25, -0.2) is 0 Å². The van der Waals surface area contributed by atoms with E-state index in [0.717, 1.165) is 17.5 Å². The van der Waals surface area contributed by atoms with Crippen LogP contribution in [0.1, 0.15) is 31.7 Å². The van der Waals surface area contributed by atoms with Gasteiger partial charge in [0.05, 0.1) is 10.4 Å². The second-order valence-corrected chi connectivity index (χ2v) is 5.28. The van der Waals surface area contributed by atoms with Gasteiger partial charge in [-0.15, -0.1) is 11.3 Å². The highest BCUT2D eigenvalue weighted by atomic mass is 35.5. The van der Waals surface area contributed by atoms with Gasteiger partial charge >= 0.3 is 0 Å². The molecule has 0 amide bonds. The fourth-order valence-corrected chi connectivity index (χ4v) is 2.44. The van der Waals surface area contributed by atoms with Crippen LogP contribution in [0.3, 0.4) is 0 Å². The normalized spacial score (nSPS) is 15.2. The van der Waals surface area contributed by atoms with Gasteiger partial charge in [0.15, 0.2) is 0 Å². The lowest BCUT2D eigenvalue weighted by Crippen LogP contribution is -2.28. The molecule has 1 heterocycles. The van der Waals surface area contributed by atoms with Crippen LogP contribution in [0.5, 0.6) is 0 Å². The van der Waals surface area contributed by atoms with Crippen LogP contribution in [0.2, 0.25) is 4.34 Å². The van der Waals surface area contributed by atoms with Crippen LogP contribution >= 0.6 is 22.9 Å². The van der Waals surface area contributed by atoms with Gasteiger partial charge in [0.25, 0.3) is 0 Å². The summed E-state index contributed by atoms with van der Waals surface area (Å²) in [5, 5.41) is 3.42. The molecule has 0 radical (unpaired) electrons. The minimum atomic E-state index is 0.257. The molecule has 2 nitrogen and oxygen atoms in total. The molecule has 0 saturated heterocycles. The molecule has 4 heteroatoms. The molecule has 1 aromatic heterocycles. The quantitative estimate of drug-likeness (QED) is 0.831. The highest BCUT2D eigenvalue weighted by Crippen LogP contribution is 2.26. The number of hydrogen-bond acceptors (Lipinski definition) is 3. The minimum absolute atomic E-state index is 0.257. The van der Waals surface area contributed by atoms with Gasteiger partial charge in [0, 0.05) is 24.1 Å². The molecule has 15 heavy (non-hydrogen) atoms. The second kappa shape index (κ2) is 6.48. The molecular weight excluding hydrogens is 230 g/mol. The second-order valence-electron chi connectivity index (χ2n) is 3.54. The Balaban J connectivity index is 2.33. The molecule has 0 aliphatic carbocycles. The molecule has 0 aromatic carbocycles. The zero-order valence-electron chi connectivity index (χ0n) is 9.42. The molecule has 0 spiro atoms. The molecule has 0 fully saturated rings. The van der Waals surface area contributed by atoms with Crippen LogP contribution in [-0.2, 0) is 4.74 Å². The summed E-state index contributed by atoms with van der Waals surface area (Å²) in [7, 11) is 0. The van der Waals surface area contributed by atoms with E-state index >= 15 is 0 Å².